The highest BCUT2D eigenvalue weighted by atomic mass is 79.9. The van der Waals surface area contributed by atoms with Gasteiger partial charge in [0, 0.05) is 27.7 Å². The Kier molecular flexibility index (Phi) is 4.78. The summed E-state index contributed by atoms with van der Waals surface area (Å²) in [4.78, 5) is 0. The molecule has 21 heavy (non-hydrogen) atoms. The van der Waals surface area contributed by atoms with E-state index in [2.05, 4.69) is 15.9 Å². The van der Waals surface area contributed by atoms with Gasteiger partial charge in [-0.3, -0.25) is 0 Å². The Balaban J connectivity index is 2.58. The second-order valence-corrected chi connectivity index (χ2v) is 5.50. The molecule has 0 aromatic heterocycles. The number of rotatable bonds is 3. The Labute approximate surface area is 131 Å². The van der Waals surface area contributed by atoms with Gasteiger partial charge in [-0.2, -0.15) is 0 Å². The maximum atomic E-state index is 13.9. The van der Waals surface area contributed by atoms with Gasteiger partial charge in [0.2, 0.25) is 0 Å². The molecular formula is C14H8BrClF4O. The fourth-order valence-electron chi connectivity index (χ4n) is 1.86. The Morgan fingerprint density at radius 2 is 1.29 bits per heavy atom. The molecule has 0 bridgehead atoms. The van der Waals surface area contributed by atoms with Crippen molar-refractivity contribution in [3.63, 3.8) is 0 Å². The summed E-state index contributed by atoms with van der Waals surface area (Å²) in [6.45, 7) is 0. The number of halogens is 6. The van der Waals surface area contributed by atoms with E-state index in [-0.39, 0.29) is 10.2 Å². The standard InChI is InChI=1S/C14H8BrClF4O/c1-21-7-4-10(19)13(11(20)5-7)14(16)12-8(17)2-6(15)3-9(12)18/h2-5,14H,1H3. The van der Waals surface area contributed by atoms with Crippen LogP contribution in [0.2, 0.25) is 0 Å². The average Bonchev–Trinajstić information content (AvgIpc) is 2.36. The Morgan fingerprint density at radius 3 is 1.67 bits per heavy atom. The van der Waals surface area contributed by atoms with Crippen molar-refractivity contribution in [3.8, 4) is 5.75 Å². The first-order chi connectivity index (χ1) is 9.85. The summed E-state index contributed by atoms with van der Waals surface area (Å²) < 4.78 is 60.4. The number of ether oxygens (including phenoxy) is 1. The van der Waals surface area contributed by atoms with Gasteiger partial charge >= 0.3 is 0 Å². The van der Waals surface area contributed by atoms with Gasteiger partial charge in [-0.25, -0.2) is 17.6 Å². The average molecular weight is 384 g/mol. The first-order valence-electron chi connectivity index (χ1n) is 5.66. The first kappa shape index (κ1) is 16.1. The number of methoxy groups -OCH3 is 1. The molecule has 112 valence electrons. The molecule has 0 saturated heterocycles. The Hall–Kier alpha value is -1.27. The Morgan fingerprint density at radius 1 is 0.905 bits per heavy atom. The fourth-order valence-corrected chi connectivity index (χ4v) is 2.68. The molecule has 2 aromatic rings. The molecule has 1 nitrogen and oxygen atoms in total. The van der Waals surface area contributed by atoms with Crippen LogP contribution >= 0.6 is 27.5 Å². The highest BCUT2D eigenvalue weighted by molar-refractivity contribution is 9.10. The lowest BCUT2D eigenvalue weighted by atomic mass is 10.0. The molecular weight excluding hydrogens is 376 g/mol. The summed E-state index contributed by atoms with van der Waals surface area (Å²) in [5.41, 5.74) is -1.26. The zero-order valence-corrected chi connectivity index (χ0v) is 12.9. The van der Waals surface area contributed by atoms with Gasteiger partial charge in [0.15, 0.2) is 0 Å². The predicted octanol–water partition coefficient (Wildman–Crippen LogP) is 5.34. The van der Waals surface area contributed by atoms with Crippen molar-refractivity contribution in [2.45, 2.75) is 5.38 Å². The molecule has 7 heteroatoms. The summed E-state index contributed by atoms with van der Waals surface area (Å²) in [7, 11) is 1.24. The highest BCUT2D eigenvalue weighted by Crippen LogP contribution is 2.37. The van der Waals surface area contributed by atoms with E-state index in [9.17, 15) is 17.6 Å². The molecule has 2 rings (SSSR count). The topological polar surface area (TPSA) is 9.23 Å². The lowest BCUT2D eigenvalue weighted by Crippen LogP contribution is -2.06. The third-order valence-electron chi connectivity index (χ3n) is 2.84. The van der Waals surface area contributed by atoms with E-state index in [0.717, 1.165) is 24.3 Å². The number of hydrogen-bond donors (Lipinski definition) is 0. The highest BCUT2D eigenvalue weighted by Gasteiger charge is 2.26. The van der Waals surface area contributed by atoms with Gasteiger partial charge in [0.1, 0.15) is 29.0 Å². The van der Waals surface area contributed by atoms with E-state index < -0.39 is 39.8 Å². The largest absolute Gasteiger partial charge is 0.497 e. The van der Waals surface area contributed by atoms with Crippen molar-refractivity contribution in [1.82, 2.24) is 0 Å². The van der Waals surface area contributed by atoms with Crippen LogP contribution in [0.25, 0.3) is 0 Å². The SMILES string of the molecule is COc1cc(F)c(C(Cl)c2c(F)cc(Br)cc2F)c(F)c1. The van der Waals surface area contributed by atoms with Crippen LogP contribution < -0.4 is 4.74 Å². The van der Waals surface area contributed by atoms with Gasteiger partial charge < -0.3 is 4.74 Å². The molecule has 0 aliphatic carbocycles. The maximum Gasteiger partial charge on any atom is 0.134 e. The molecule has 0 saturated carbocycles. The van der Waals surface area contributed by atoms with E-state index in [1.807, 2.05) is 0 Å². The van der Waals surface area contributed by atoms with Crippen LogP contribution in [-0.2, 0) is 0 Å². The minimum Gasteiger partial charge on any atom is -0.497 e. The number of alkyl halides is 1. The number of hydrogen-bond acceptors (Lipinski definition) is 1. The molecule has 0 fully saturated rings. The molecule has 0 aliphatic rings. The second-order valence-electron chi connectivity index (χ2n) is 4.15. The zero-order valence-electron chi connectivity index (χ0n) is 10.6. The molecule has 1 unspecified atom stereocenters. The quantitative estimate of drug-likeness (QED) is 0.513. The smallest absolute Gasteiger partial charge is 0.134 e. The lowest BCUT2D eigenvalue weighted by molar-refractivity contribution is 0.405. The summed E-state index contributed by atoms with van der Waals surface area (Å²) in [5, 5.41) is -1.65. The molecule has 0 spiro atoms. The molecule has 1 atom stereocenters. The van der Waals surface area contributed by atoms with Crippen molar-refractivity contribution >= 4 is 27.5 Å². The van der Waals surface area contributed by atoms with Crippen molar-refractivity contribution in [2.75, 3.05) is 7.11 Å². The lowest BCUT2D eigenvalue weighted by Gasteiger charge is -2.15. The van der Waals surface area contributed by atoms with Crippen molar-refractivity contribution in [2.24, 2.45) is 0 Å². The summed E-state index contributed by atoms with van der Waals surface area (Å²) >= 11 is 8.80. The normalized spacial score (nSPS) is 12.3. The third-order valence-corrected chi connectivity index (χ3v) is 3.73. The van der Waals surface area contributed by atoms with E-state index in [1.165, 1.54) is 7.11 Å². The minimum absolute atomic E-state index is 0.0608. The van der Waals surface area contributed by atoms with E-state index in [1.54, 1.807) is 0 Å². The molecule has 0 aliphatic heterocycles. The van der Waals surface area contributed by atoms with Crippen molar-refractivity contribution in [3.05, 3.63) is 63.1 Å². The predicted molar refractivity (Wildman–Crippen MR) is 74.7 cm³/mol. The van der Waals surface area contributed by atoms with Crippen LogP contribution in [-0.4, -0.2) is 7.11 Å². The van der Waals surface area contributed by atoms with Gasteiger partial charge in [-0.1, -0.05) is 15.9 Å². The summed E-state index contributed by atoms with van der Waals surface area (Å²) in [6, 6.07) is 3.71. The minimum atomic E-state index is -1.65. The first-order valence-corrected chi connectivity index (χ1v) is 6.89. The van der Waals surface area contributed by atoms with E-state index >= 15 is 0 Å². The molecule has 0 amide bonds. The summed E-state index contributed by atoms with van der Waals surface area (Å²) in [5.74, 6) is -4.16. The summed E-state index contributed by atoms with van der Waals surface area (Å²) in [6.07, 6.45) is 0. The molecule has 0 radical (unpaired) electrons. The molecule has 0 N–H and O–H groups in total. The van der Waals surface area contributed by atoms with Crippen LogP contribution in [0, 0.1) is 23.3 Å². The van der Waals surface area contributed by atoms with Gasteiger partial charge in [0.05, 0.1) is 12.5 Å². The molecule has 0 heterocycles. The van der Waals surface area contributed by atoms with Crippen LogP contribution in [0.3, 0.4) is 0 Å². The van der Waals surface area contributed by atoms with Crippen molar-refractivity contribution in [1.29, 1.82) is 0 Å². The van der Waals surface area contributed by atoms with Crippen LogP contribution in [0.5, 0.6) is 5.75 Å². The van der Waals surface area contributed by atoms with Gasteiger partial charge in [-0.05, 0) is 12.1 Å². The van der Waals surface area contributed by atoms with Crippen LogP contribution in [0.4, 0.5) is 17.6 Å². The fraction of sp³-hybridized carbons (Fsp3) is 0.143. The number of benzene rings is 2. The van der Waals surface area contributed by atoms with Crippen LogP contribution in [0.15, 0.2) is 28.7 Å². The zero-order chi connectivity index (χ0) is 15.7. The van der Waals surface area contributed by atoms with E-state index in [0.29, 0.717) is 0 Å². The maximum absolute atomic E-state index is 13.9. The molecule has 2 aromatic carbocycles. The monoisotopic (exact) mass is 382 g/mol. The van der Waals surface area contributed by atoms with Crippen molar-refractivity contribution < 1.29 is 22.3 Å². The van der Waals surface area contributed by atoms with Gasteiger partial charge in [-0.15, -0.1) is 11.6 Å². The second kappa shape index (κ2) is 6.23. The van der Waals surface area contributed by atoms with Gasteiger partial charge in [0.25, 0.3) is 0 Å². The Bertz CT molecular complexity index is 647. The van der Waals surface area contributed by atoms with Crippen LogP contribution in [0.1, 0.15) is 16.5 Å². The van der Waals surface area contributed by atoms with E-state index in [4.69, 9.17) is 16.3 Å². The third kappa shape index (κ3) is 3.16.